The Hall–Kier alpha value is -2.15. The number of aromatic nitrogens is 4. The number of fused-ring (bicyclic) bond motifs is 1. The number of H-pyrrole nitrogens is 1. The van der Waals surface area contributed by atoms with Gasteiger partial charge in [-0.1, -0.05) is 13.0 Å². The van der Waals surface area contributed by atoms with E-state index in [1.54, 1.807) is 12.3 Å². The van der Waals surface area contributed by atoms with Crippen LogP contribution in [0, 0.1) is 0 Å². The molecular formula is C14H14BrN5O. The van der Waals surface area contributed by atoms with Crippen molar-refractivity contribution in [1.82, 2.24) is 20.0 Å². The number of rotatable bonds is 4. The number of hydrogen-bond acceptors (Lipinski definition) is 3. The van der Waals surface area contributed by atoms with Crippen LogP contribution >= 0.6 is 15.9 Å². The van der Waals surface area contributed by atoms with Crippen molar-refractivity contribution in [2.45, 2.75) is 19.4 Å². The van der Waals surface area contributed by atoms with Crippen molar-refractivity contribution >= 4 is 32.7 Å². The Labute approximate surface area is 129 Å². The Morgan fingerprint density at radius 3 is 2.90 bits per heavy atom. The highest BCUT2D eigenvalue weighted by Crippen LogP contribution is 2.31. The lowest BCUT2D eigenvalue weighted by Crippen LogP contribution is -2.13. The highest BCUT2D eigenvalue weighted by Gasteiger charge is 2.21. The van der Waals surface area contributed by atoms with E-state index >= 15 is 0 Å². The second kappa shape index (κ2) is 5.33. The molecule has 6 nitrogen and oxygen atoms in total. The summed E-state index contributed by atoms with van der Waals surface area (Å²) >= 11 is 3.43. The van der Waals surface area contributed by atoms with E-state index in [0.29, 0.717) is 10.2 Å². The molecule has 1 amide bonds. The van der Waals surface area contributed by atoms with Crippen LogP contribution in [0.1, 0.15) is 35.4 Å². The van der Waals surface area contributed by atoms with Crippen LogP contribution in [0.5, 0.6) is 0 Å². The van der Waals surface area contributed by atoms with Gasteiger partial charge in [-0.3, -0.25) is 14.6 Å². The third kappa shape index (κ3) is 2.23. The van der Waals surface area contributed by atoms with Gasteiger partial charge < -0.3 is 5.73 Å². The van der Waals surface area contributed by atoms with Crippen molar-refractivity contribution in [3.63, 3.8) is 0 Å². The van der Waals surface area contributed by atoms with E-state index in [-0.39, 0.29) is 6.04 Å². The number of amides is 1. The van der Waals surface area contributed by atoms with Crippen molar-refractivity contribution in [3.8, 4) is 0 Å². The third-order valence-corrected chi connectivity index (χ3v) is 4.06. The molecule has 0 aliphatic rings. The van der Waals surface area contributed by atoms with E-state index < -0.39 is 5.91 Å². The average Bonchev–Trinajstić information content (AvgIpc) is 3.09. The number of nitrogens with two attached hydrogens (primary N) is 1. The van der Waals surface area contributed by atoms with Gasteiger partial charge in [0.15, 0.2) is 0 Å². The Balaban J connectivity index is 2.25. The lowest BCUT2D eigenvalue weighted by Gasteiger charge is -2.14. The van der Waals surface area contributed by atoms with Gasteiger partial charge in [0.2, 0.25) is 5.91 Å². The first-order valence-electron chi connectivity index (χ1n) is 6.59. The molecule has 0 aliphatic carbocycles. The smallest absolute Gasteiger partial charge is 0.249 e. The molecule has 3 N–H and O–H groups in total. The fourth-order valence-electron chi connectivity index (χ4n) is 2.55. The molecule has 0 fully saturated rings. The molecule has 2 heterocycles. The summed E-state index contributed by atoms with van der Waals surface area (Å²) in [6, 6.07) is 7.36. The quantitative estimate of drug-likeness (QED) is 0.759. The van der Waals surface area contributed by atoms with Gasteiger partial charge in [0.05, 0.1) is 22.8 Å². The first kappa shape index (κ1) is 13.8. The molecule has 3 aromatic rings. The predicted octanol–water partition coefficient (Wildman–Crippen LogP) is 2.62. The number of nitrogens with zero attached hydrogens (tertiary/aromatic N) is 3. The minimum absolute atomic E-state index is 0.00632. The van der Waals surface area contributed by atoms with Crippen molar-refractivity contribution in [2.24, 2.45) is 5.73 Å². The number of nitrogens with one attached hydrogen (secondary N) is 1. The van der Waals surface area contributed by atoms with Crippen LogP contribution < -0.4 is 5.73 Å². The average molecular weight is 348 g/mol. The van der Waals surface area contributed by atoms with E-state index in [1.807, 2.05) is 22.9 Å². The molecule has 0 saturated heterocycles. The van der Waals surface area contributed by atoms with Crippen LogP contribution in [0.15, 0.2) is 35.1 Å². The summed E-state index contributed by atoms with van der Waals surface area (Å²) in [5.74, 6) is -0.464. The fourth-order valence-corrected chi connectivity index (χ4v) is 3.14. The van der Waals surface area contributed by atoms with Gasteiger partial charge >= 0.3 is 0 Å². The van der Waals surface area contributed by atoms with Crippen LogP contribution in [0.4, 0.5) is 0 Å². The Kier molecular flexibility index (Phi) is 3.50. The fraction of sp³-hybridized carbons (Fsp3) is 0.214. The molecule has 0 radical (unpaired) electrons. The summed E-state index contributed by atoms with van der Waals surface area (Å²) < 4.78 is 2.49. The molecule has 0 spiro atoms. The summed E-state index contributed by atoms with van der Waals surface area (Å²) in [5, 5.41) is 12.3. The van der Waals surface area contributed by atoms with Gasteiger partial charge in [0.1, 0.15) is 4.60 Å². The number of primary amides is 1. The molecule has 1 atom stereocenters. The number of aromatic amines is 1. The molecule has 2 aromatic heterocycles. The van der Waals surface area contributed by atoms with Crippen LogP contribution in [-0.2, 0) is 0 Å². The predicted molar refractivity (Wildman–Crippen MR) is 83.0 cm³/mol. The summed E-state index contributed by atoms with van der Waals surface area (Å²) in [7, 11) is 0. The lowest BCUT2D eigenvalue weighted by atomic mass is 10.1. The van der Waals surface area contributed by atoms with Crippen molar-refractivity contribution in [2.75, 3.05) is 0 Å². The molecule has 108 valence electrons. The largest absolute Gasteiger partial charge is 0.366 e. The maximum atomic E-state index is 11.6. The first-order valence-corrected chi connectivity index (χ1v) is 7.39. The summed E-state index contributed by atoms with van der Waals surface area (Å²) in [6.07, 6.45) is 2.61. The van der Waals surface area contributed by atoms with E-state index in [9.17, 15) is 4.79 Å². The third-order valence-electron chi connectivity index (χ3n) is 3.50. The summed E-state index contributed by atoms with van der Waals surface area (Å²) in [6.45, 7) is 2.07. The number of hydrogen-bond donors (Lipinski definition) is 2. The molecule has 7 heteroatoms. The number of carbonyl (C=O) groups excluding carboxylic acids is 1. The maximum Gasteiger partial charge on any atom is 0.249 e. The highest BCUT2D eigenvalue weighted by molar-refractivity contribution is 9.10. The molecule has 1 aromatic carbocycles. The van der Waals surface area contributed by atoms with Crippen LogP contribution in [-0.4, -0.2) is 25.9 Å². The van der Waals surface area contributed by atoms with Crippen LogP contribution in [0.25, 0.3) is 10.9 Å². The van der Waals surface area contributed by atoms with Gasteiger partial charge in [-0.25, -0.2) is 0 Å². The van der Waals surface area contributed by atoms with Gasteiger partial charge in [0, 0.05) is 11.6 Å². The molecule has 0 saturated carbocycles. The zero-order valence-electron chi connectivity index (χ0n) is 11.4. The Bertz CT molecular complexity index is 793. The number of halogens is 1. The van der Waals surface area contributed by atoms with Crippen LogP contribution in [0.3, 0.4) is 0 Å². The Morgan fingerprint density at radius 1 is 1.48 bits per heavy atom. The number of carbonyl (C=O) groups is 1. The maximum absolute atomic E-state index is 11.6. The summed E-state index contributed by atoms with van der Waals surface area (Å²) in [4.78, 5) is 11.6. The molecular weight excluding hydrogens is 334 g/mol. The van der Waals surface area contributed by atoms with Gasteiger partial charge in [-0.15, -0.1) is 0 Å². The van der Waals surface area contributed by atoms with Gasteiger partial charge in [-0.05, 0) is 40.5 Å². The zero-order valence-corrected chi connectivity index (χ0v) is 13.0. The SMILES string of the molecule is CCC(c1cc[nH]n1)n1nc(Br)c2c(C(N)=O)cccc21. The molecule has 3 rings (SSSR count). The molecule has 0 bridgehead atoms. The van der Waals surface area contributed by atoms with Crippen LogP contribution in [0.2, 0.25) is 0 Å². The molecule has 21 heavy (non-hydrogen) atoms. The second-order valence-electron chi connectivity index (χ2n) is 4.72. The van der Waals surface area contributed by atoms with E-state index in [4.69, 9.17) is 5.73 Å². The number of benzene rings is 1. The highest BCUT2D eigenvalue weighted by atomic mass is 79.9. The van der Waals surface area contributed by atoms with E-state index in [2.05, 4.69) is 38.1 Å². The zero-order chi connectivity index (χ0) is 15.0. The second-order valence-corrected chi connectivity index (χ2v) is 5.47. The standard InChI is InChI=1S/C14H14BrN5O/c1-2-10(9-6-7-17-18-9)20-11-5-3-4-8(14(16)21)12(11)13(15)19-20/h3-7,10H,2H2,1H3,(H2,16,21)(H,17,18). The van der Waals surface area contributed by atoms with Crippen molar-refractivity contribution < 1.29 is 4.79 Å². The van der Waals surface area contributed by atoms with Crippen molar-refractivity contribution in [1.29, 1.82) is 0 Å². The normalized spacial score (nSPS) is 12.7. The topological polar surface area (TPSA) is 89.6 Å². The molecule has 0 aliphatic heterocycles. The minimum atomic E-state index is -0.464. The Morgan fingerprint density at radius 2 is 2.29 bits per heavy atom. The minimum Gasteiger partial charge on any atom is -0.366 e. The lowest BCUT2D eigenvalue weighted by molar-refractivity contribution is 0.100. The van der Waals surface area contributed by atoms with E-state index in [1.165, 1.54) is 0 Å². The van der Waals surface area contributed by atoms with Gasteiger partial charge in [0.25, 0.3) is 0 Å². The first-order chi connectivity index (χ1) is 10.1. The molecule has 1 unspecified atom stereocenters. The van der Waals surface area contributed by atoms with Gasteiger partial charge in [-0.2, -0.15) is 10.2 Å². The summed E-state index contributed by atoms with van der Waals surface area (Å²) in [5.41, 5.74) is 7.66. The van der Waals surface area contributed by atoms with Crippen molar-refractivity contribution in [3.05, 3.63) is 46.3 Å². The van der Waals surface area contributed by atoms with E-state index in [0.717, 1.165) is 23.0 Å². The monoisotopic (exact) mass is 347 g/mol.